The SMILES string of the molecule is CCN(CC)CCOC(=O)C(O)(c1ccc(OC)cc1)c1cccnc1. The molecule has 0 saturated carbocycles. The number of carbonyl (C=O) groups is 1. The number of methoxy groups -OCH3 is 1. The number of rotatable bonds is 9. The van der Waals surface area contributed by atoms with Crippen molar-refractivity contribution in [3.8, 4) is 5.75 Å². The van der Waals surface area contributed by atoms with Crippen LogP contribution in [0.25, 0.3) is 0 Å². The molecule has 0 aliphatic carbocycles. The van der Waals surface area contributed by atoms with Crippen LogP contribution in [0.1, 0.15) is 25.0 Å². The summed E-state index contributed by atoms with van der Waals surface area (Å²) < 4.78 is 10.6. The summed E-state index contributed by atoms with van der Waals surface area (Å²) in [5.74, 6) is -0.0833. The number of aliphatic hydroxyl groups is 1. The quantitative estimate of drug-likeness (QED) is 0.693. The van der Waals surface area contributed by atoms with Gasteiger partial charge in [-0.3, -0.25) is 4.98 Å². The second-order valence-electron chi connectivity index (χ2n) is 5.84. The number of hydrogen-bond donors (Lipinski definition) is 1. The third kappa shape index (κ3) is 4.39. The molecule has 0 amide bonds. The van der Waals surface area contributed by atoms with Gasteiger partial charge < -0.3 is 19.5 Å². The lowest BCUT2D eigenvalue weighted by atomic mass is 9.87. The molecule has 0 saturated heterocycles. The molecule has 0 bridgehead atoms. The Morgan fingerprint density at radius 1 is 1.15 bits per heavy atom. The molecule has 0 fully saturated rings. The smallest absolute Gasteiger partial charge is 0.347 e. The van der Waals surface area contributed by atoms with Crippen LogP contribution < -0.4 is 4.74 Å². The molecule has 1 unspecified atom stereocenters. The zero-order valence-electron chi connectivity index (χ0n) is 15.5. The van der Waals surface area contributed by atoms with Gasteiger partial charge in [0.1, 0.15) is 12.4 Å². The van der Waals surface area contributed by atoms with Gasteiger partial charge in [0.15, 0.2) is 0 Å². The molecule has 0 aliphatic rings. The van der Waals surface area contributed by atoms with E-state index in [2.05, 4.69) is 23.7 Å². The Bertz CT molecular complexity index is 687. The van der Waals surface area contributed by atoms with Crippen LogP contribution in [0.2, 0.25) is 0 Å². The number of likely N-dealkylation sites (N-methyl/N-ethyl adjacent to an activating group) is 1. The highest BCUT2D eigenvalue weighted by atomic mass is 16.5. The molecule has 0 spiro atoms. The molecule has 6 heteroatoms. The van der Waals surface area contributed by atoms with Crippen LogP contribution in [0.5, 0.6) is 5.75 Å². The normalized spacial score (nSPS) is 13.3. The van der Waals surface area contributed by atoms with Gasteiger partial charge in [-0.1, -0.05) is 32.0 Å². The van der Waals surface area contributed by atoms with Gasteiger partial charge in [-0.05, 0) is 36.9 Å². The number of pyridine rings is 1. The van der Waals surface area contributed by atoms with E-state index in [-0.39, 0.29) is 6.61 Å². The van der Waals surface area contributed by atoms with Crippen LogP contribution in [-0.4, -0.2) is 54.3 Å². The number of ether oxygens (including phenoxy) is 2. The minimum atomic E-state index is -1.93. The highest BCUT2D eigenvalue weighted by Gasteiger charge is 2.42. The first kappa shape index (κ1) is 19.9. The average molecular weight is 358 g/mol. The van der Waals surface area contributed by atoms with Gasteiger partial charge >= 0.3 is 5.97 Å². The Labute approximate surface area is 154 Å². The third-order valence-corrected chi connectivity index (χ3v) is 4.42. The molecule has 1 aromatic carbocycles. The van der Waals surface area contributed by atoms with Crippen molar-refractivity contribution in [2.45, 2.75) is 19.4 Å². The molecular weight excluding hydrogens is 332 g/mol. The van der Waals surface area contributed by atoms with E-state index in [1.165, 1.54) is 6.20 Å². The van der Waals surface area contributed by atoms with Gasteiger partial charge in [0, 0.05) is 24.5 Å². The highest BCUT2D eigenvalue weighted by Crippen LogP contribution is 2.31. The highest BCUT2D eigenvalue weighted by molar-refractivity contribution is 5.85. The molecule has 6 nitrogen and oxygen atoms in total. The predicted octanol–water partition coefficient (Wildman–Crippen LogP) is 2.21. The lowest BCUT2D eigenvalue weighted by Crippen LogP contribution is -2.40. The maximum atomic E-state index is 12.8. The summed E-state index contributed by atoms with van der Waals surface area (Å²) in [6.07, 6.45) is 3.06. The number of esters is 1. The zero-order chi connectivity index (χ0) is 19.0. The fraction of sp³-hybridized carbons (Fsp3) is 0.400. The molecule has 2 rings (SSSR count). The van der Waals surface area contributed by atoms with Crippen molar-refractivity contribution < 1.29 is 19.4 Å². The van der Waals surface area contributed by atoms with Crippen LogP contribution in [-0.2, 0) is 15.1 Å². The average Bonchev–Trinajstić information content (AvgIpc) is 2.71. The van der Waals surface area contributed by atoms with E-state index in [4.69, 9.17) is 9.47 Å². The van der Waals surface area contributed by atoms with E-state index in [0.717, 1.165) is 13.1 Å². The first-order valence-corrected chi connectivity index (χ1v) is 8.73. The van der Waals surface area contributed by atoms with Crippen LogP contribution in [0.3, 0.4) is 0 Å². The standard InChI is InChI=1S/C20H26N2O4/c1-4-22(5-2)13-14-26-19(23)20(24,17-7-6-12-21-15-17)16-8-10-18(25-3)11-9-16/h6-12,15,24H,4-5,13-14H2,1-3H3. The summed E-state index contributed by atoms with van der Waals surface area (Å²) in [5.41, 5.74) is -1.17. The van der Waals surface area contributed by atoms with E-state index in [9.17, 15) is 9.90 Å². The molecule has 1 aromatic heterocycles. The van der Waals surface area contributed by atoms with Crippen molar-refractivity contribution >= 4 is 5.97 Å². The van der Waals surface area contributed by atoms with Gasteiger partial charge in [0.05, 0.1) is 7.11 Å². The third-order valence-electron chi connectivity index (χ3n) is 4.42. The lowest BCUT2D eigenvalue weighted by molar-refractivity contribution is -0.162. The number of benzene rings is 1. The van der Waals surface area contributed by atoms with Crippen molar-refractivity contribution in [2.24, 2.45) is 0 Å². The summed E-state index contributed by atoms with van der Waals surface area (Å²) in [6, 6.07) is 10.0. The molecule has 140 valence electrons. The molecule has 0 radical (unpaired) electrons. The molecule has 1 N–H and O–H groups in total. The van der Waals surface area contributed by atoms with E-state index in [1.54, 1.807) is 49.7 Å². The monoisotopic (exact) mass is 358 g/mol. The summed E-state index contributed by atoms with van der Waals surface area (Å²) in [7, 11) is 1.56. The topological polar surface area (TPSA) is 71.9 Å². The molecule has 1 heterocycles. The second kappa shape index (κ2) is 9.31. The summed E-state index contributed by atoms with van der Waals surface area (Å²) in [6.45, 7) is 6.67. The Kier molecular flexibility index (Phi) is 7.12. The fourth-order valence-electron chi connectivity index (χ4n) is 2.72. The summed E-state index contributed by atoms with van der Waals surface area (Å²) in [5, 5.41) is 11.3. The number of hydrogen-bond acceptors (Lipinski definition) is 6. The van der Waals surface area contributed by atoms with Gasteiger partial charge in [-0.2, -0.15) is 0 Å². The number of nitrogens with zero attached hydrogens (tertiary/aromatic N) is 2. The van der Waals surface area contributed by atoms with Gasteiger partial charge in [-0.15, -0.1) is 0 Å². The van der Waals surface area contributed by atoms with Crippen molar-refractivity contribution in [1.29, 1.82) is 0 Å². The van der Waals surface area contributed by atoms with Crippen LogP contribution >= 0.6 is 0 Å². The van der Waals surface area contributed by atoms with Crippen molar-refractivity contribution in [3.05, 3.63) is 59.9 Å². The molecule has 2 aromatic rings. The van der Waals surface area contributed by atoms with E-state index in [1.807, 2.05) is 0 Å². The molecular formula is C20H26N2O4. The van der Waals surface area contributed by atoms with Gasteiger partial charge in [0.25, 0.3) is 0 Å². The van der Waals surface area contributed by atoms with E-state index in [0.29, 0.717) is 23.4 Å². The summed E-state index contributed by atoms with van der Waals surface area (Å²) in [4.78, 5) is 19.0. The minimum Gasteiger partial charge on any atom is -0.497 e. The largest absolute Gasteiger partial charge is 0.497 e. The maximum absolute atomic E-state index is 12.8. The van der Waals surface area contributed by atoms with Crippen molar-refractivity contribution in [3.63, 3.8) is 0 Å². The van der Waals surface area contributed by atoms with Crippen molar-refractivity contribution in [1.82, 2.24) is 9.88 Å². The zero-order valence-corrected chi connectivity index (χ0v) is 15.5. The maximum Gasteiger partial charge on any atom is 0.347 e. The lowest BCUT2D eigenvalue weighted by Gasteiger charge is -2.27. The number of aromatic nitrogens is 1. The van der Waals surface area contributed by atoms with Crippen LogP contribution in [0.15, 0.2) is 48.8 Å². The Morgan fingerprint density at radius 3 is 2.38 bits per heavy atom. The Morgan fingerprint density at radius 2 is 1.85 bits per heavy atom. The van der Waals surface area contributed by atoms with E-state index < -0.39 is 11.6 Å². The summed E-state index contributed by atoms with van der Waals surface area (Å²) >= 11 is 0. The molecule has 1 atom stereocenters. The Balaban J connectivity index is 2.27. The predicted molar refractivity (Wildman–Crippen MR) is 99.0 cm³/mol. The Hall–Kier alpha value is -2.44. The molecule has 26 heavy (non-hydrogen) atoms. The first-order chi connectivity index (χ1) is 12.6. The van der Waals surface area contributed by atoms with Crippen molar-refractivity contribution in [2.75, 3.05) is 33.4 Å². The van der Waals surface area contributed by atoms with Crippen LogP contribution in [0, 0.1) is 0 Å². The van der Waals surface area contributed by atoms with E-state index >= 15 is 0 Å². The molecule has 0 aliphatic heterocycles. The minimum absolute atomic E-state index is 0.208. The fourth-order valence-corrected chi connectivity index (χ4v) is 2.72. The van der Waals surface area contributed by atoms with Gasteiger partial charge in [-0.25, -0.2) is 4.79 Å². The first-order valence-electron chi connectivity index (χ1n) is 8.73. The van der Waals surface area contributed by atoms with Gasteiger partial charge in [0.2, 0.25) is 5.60 Å². The second-order valence-corrected chi connectivity index (χ2v) is 5.84. The van der Waals surface area contributed by atoms with Crippen LogP contribution in [0.4, 0.5) is 0 Å². The number of carbonyl (C=O) groups excluding carboxylic acids is 1.